The third-order valence-corrected chi connectivity index (χ3v) is 15.0. The Kier molecular flexibility index (Phi) is 21.2. The fourth-order valence-electron chi connectivity index (χ4n) is 8.61. The van der Waals surface area contributed by atoms with Crippen LogP contribution < -0.4 is 21.3 Å². The minimum Gasteiger partial charge on any atom is -0.505 e. The van der Waals surface area contributed by atoms with Gasteiger partial charge >= 0.3 is 0 Å². The summed E-state index contributed by atoms with van der Waals surface area (Å²) in [7, 11) is -9.86. The molecule has 0 atom stereocenters. The summed E-state index contributed by atoms with van der Waals surface area (Å²) in [6.45, 7) is 1.88. The summed E-state index contributed by atoms with van der Waals surface area (Å²) in [6, 6.07) is 21.9. The third-order valence-electron chi connectivity index (χ3n) is 12.1. The number of benzene rings is 7. The number of azo groups is 2. The molecular formula is C50H44N14O22S4. The van der Waals surface area contributed by atoms with Crippen molar-refractivity contribution in [1.29, 1.82) is 0 Å². The van der Waals surface area contributed by atoms with Gasteiger partial charge in [-0.25, -0.2) is 30.1 Å². The molecule has 0 aliphatic carbocycles. The van der Waals surface area contributed by atoms with E-state index < -0.39 is 41.5 Å². The van der Waals surface area contributed by atoms with Gasteiger partial charge in [-0.3, -0.25) is 30.1 Å². The quantitative estimate of drug-likeness (QED) is 0.00712. The van der Waals surface area contributed by atoms with E-state index in [1.54, 1.807) is 24.3 Å². The van der Waals surface area contributed by atoms with E-state index >= 15 is 0 Å². The first-order valence-corrected chi connectivity index (χ1v) is 29.2. The molecule has 2 heterocycles. The van der Waals surface area contributed by atoms with E-state index in [1.807, 2.05) is 0 Å². The van der Waals surface area contributed by atoms with E-state index in [1.165, 1.54) is 62.4 Å². The average Bonchev–Trinajstić information content (AvgIpc) is 0.792. The zero-order valence-electron chi connectivity index (χ0n) is 45.5. The predicted octanol–water partition coefficient (Wildman–Crippen LogP) is 11.5. The van der Waals surface area contributed by atoms with Gasteiger partial charge in [0.2, 0.25) is 23.8 Å². The van der Waals surface area contributed by atoms with Crippen molar-refractivity contribution in [1.82, 2.24) is 29.9 Å². The molecule has 0 radical (unpaired) electrons. The molecular weight excluding hydrogens is 1280 g/mol. The zero-order chi connectivity index (χ0) is 64.3. The molecule has 0 unspecified atom stereocenters. The number of phenols is 2. The van der Waals surface area contributed by atoms with Gasteiger partial charge in [0.15, 0.2) is 11.5 Å². The Bertz CT molecular complexity index is 4120. The molecule has 0 aliphatic rings. The molecule has 90 heavy (non-hydrogen) atoms. The minimum absolute atomic E-state index is 0.0377. The Balaban J connectivity index is 0.990. The van der Waals surface area contributed by atoms with Crippen LogP contribution >= 0.6 is 24.1 Å². The highest BCUT2D eigenvalue weighted by molar-refractivity contribution is 7.95. The highest BCUT2D eigenvalue weighted by Gasteiger charge is 2.25. The summed E-state index contributed by atoms with van der Waals surface area (Å²) >= 11 is 0.666. The topological polar surface area (TPSA) is 519 Å². The van der Waals surface area contributed by atoms with Crippen LogP contribution in [0.1, 0.15) is 33.9 Å². The van der Waals surface area contributed by atoms with Gasteiger partial charge in [-0.15, -0.1) is 18.9 Å². The third kappa shape index (κ3) is 16.5. The number of hydrogen-bond donors (Lipinski definition) is 14. The number of aromatic hydroxyl groups is 2. The fourth-order valence-corrected chi connectivity index (χ4v) is 10.7. The van der Waals surface area contributed by atoms with Crippen LogP contribution in [0.2, 0.25) is 0 Å². The Hall–Kier alpha value is -8.96. The van der Waals surface area contributed by atoms with Crippen molar-refractivity contribution in [3.05, 3.63) is 131 Å². The maximum absolute atomic E-state index is 12.6. The second kappa shape index (κ2) is 29.1. The number of anilines is 8. The van der Waals surface area contributed by atoms with Crippen molar-refractivity contribution in [2.75, 3.05) is 21.3 Å². The number of nitrogens with zero attached hydrogens (tertiary/aromatic N) is 10. The van der Waals surface area contributed by atoms with E-state index in [9.17, 15) is 36.2 Å². The Morgan fingerprint density at radius 1 is 0.444 bits per heavy atom. The van der Waals surface area contributed by atoms with Gasteiger partial charge in [-0.1, -0.05) is 22.2 Å². The molecule has 40 heteroatoms. The number of phenolic OH excluding ortho intramolecular Hbond substituents is 2. The smallest absolute Gasteiger partial charge is 0.294 e. The summed E-state index contributed by atoms with van der Waals surface area (Å²) in [4.78, 5) is 41.7. The standard InChI is InChI=1S/C50H44N14O22S4/c1-23-51-47(59-49(53-23)57-37-17-35(89(73,74)75)13-29-15-39(87-85-83-71)43(45(65)41(29)37)63-61-33-9-25(19-79-67)7-26(10-33)20-80-68)55-31-3-5-32(6-4-31)56-48-52-24(2)54-50(60-48)58-38-18-36(90(76,77)78)14-30-16-40(88-86-84-72)44(46(66)42(30)38)64-62-34-11-27(21-81-69)8-28(12-34)22-82-70/h3-18,65-72H,19-22H2,1-2H3,(H,73,74,75)(H,76,77,78)(H2,51,53,55,57,59)(H2,52,54,56,58,60). The number of fused-ring (bicyclic) bond motifs is 2. The molecule has 0 aliphatic heterocycles. The lowest BCUT2D eigenvalue weighted by Gasteiger charge is -2.16. The highest BCUT2D eigenvalue weighted by atomic mass is 32.2. The molecule has 7 aromatic carbocycles. The molecule has 0 fully saturated rings. The second-order valence-corrected chi connectivity index (χ2v) is 22.7. The van der Waals surface area contributed by atoms with Gasteiger partial charge in [-0.2, -0.15) is 57.0 Å². The summed E-state index contributed by atoms with van der Waals surface area (Å²) < 4.78 is 80.1. The largest absolute Gasteiger partial charge is 0.505 e. The van der Waals surface area contributed by atoms with Crippen LogP contribution in [-0.4, -0.2) is 97.6 Å². The van der Waals surface area contributed by atoms with Crippen LogP contribution in [0.25, 0.3) is 21.5 Å². The molecule has 0 saturated heterocycles. The predicted molar refractivity (Wildman–Crippen MR) is 312 cm³/mol. The average molecular weight is 1320 g/mol. The van der Waals surface area contributed by atoms with E-state index in [-0.39, 0.29) is 127 Å². The van der Waals surface area contributed by atoms with Gasteiger partial charge in [0.25, 0.3) is 20.2 Å². The van der Waals surface area contributed by atoms with Gasteiger partial charge < -0.3 is 31.5 Å². The van der Waals surface area contributed by atoms with Crippen molar-refractivity contribution in [3.8, 4) is 11.5 Å². The lowest BCUT2D eigenvalue weighted by Crippen LogP contribution is -2.07. The van der Waals surface area contributed by atoms with E-state index in [4.69, 9.17) is 31.5 Å². The van der Waals surface area contributed by atoms with Gasteiger partial charge in [-0.05, 0) is 132 Å². The number of hydrogen-bond acceptors (Lipinski definition) is 36. The molecule has 0 spiro atoms. The lowest BCUT2D eigenvalue weighted by atomic mass is 10.1. The van der Waals surface area contributed by atoms with Crippen LogP contribution in [0, 0.1) is 13.8 Å². The van der Waals surface area contributed by atoms with E-state index in [0.717, 1.165) is 24.3 Å². The van der Waals surface area contributed by atoms with Crippen molar-refractivity contribution in [2.45, 2.75) is 59.9 Å². The van der Waals surface area contributed by atoms with Crippen LogP contribution in [0.15, 0.2) is 137 Å². The molecule has 9 aromatic rings. The van der Waals surface area contributed by atoms with Crippen molar-refractivity contribution in [3.63, 3.8) is 0 Å². The molecule has 0 bridgehead atoms. The molecule has 0 saturated carbocycles. The summed E-state index contributed by atoms with van der Waals surface area (Å²) in [5.74, 6) is -1.50. The maximum Gasteiger partial charge on any atom is 0.294 e. The summed E-state index contributed by atoms with van der Waals surface area (Å²) in [6.07, 6.45) is 0. The maximum atomic E-state index is 12.6. The van der Waals surface area contributed by atoms with Crippen molar-refractivity contribution < 1.29 is 106 Å². The Morgan fingerprint density at radius 3 is 1.09 bits per heavy atom. The molecule has 470 valence electrons. The molecule has 9 rings (SSSR count). The second-order valence-electron chi connectivity index (χ2n) is 18.3. The first-order valence-electron chi connectivity index (χ1n) is 24.9. The van der Waals surface area contributed by atoms with E-state index in [0.29, 0.717) is 57.7 Å². The Labute approximate surface area is 512 Å². The van der Waals surface area contributed by atoms with Crippen LogP contribution in [-0.2, 0) is 85.0 Å². The van der Waals surface area contributed by atoms with Crippen molar-refractivity contribution >= 4 is 135 Å². The first kappa shape index (κ1) is 65.5. The first-order chi connectivity index (χ1) is 43.1. The molecule has 36 nitrogen and oxygen atoms in total. The van der Waals surface area contributed by atoms with Gasteiger partial charge in [0.1, 0.15) is 49.5 Å². The van der Waals surface area contributed by atoms with Crippen molar-refractivity contribution in [2.24, 2.45) is 20.5 Å². The fraction of sp³-hybridized carbons (Fsp3) is 0.120. The van der Waals surface area contributed by atoms with Crippen LogP contribution in [0.3, 0.4) is 0 Å². The normalized spacial score (nSPS) is 12.0. The van der Waals surface area contributed by atoms with E-state index in [2.05, 4.69) is 110 Å². The lowest BCUT2D eigenvalue weighted by molar-refractivity contribution is -0.432. The molecule has 14 N–H and O–H groups in total. The van der Waals surface area contributed by atoms with Crippen LogP contribution in [0.4, 0.5) is 69.3 Å². The monoisotopic (exact) mass is 1320 g/mol. The SMILES string of the molecule is Cc1nc(Nc2ccc(Nc3nc(C)nc(Nc4cc(S(=O)(=O)O)cc5cc(SOOO)c(N=Nc6cc(COO)cc(COO)c6)c(O)c45)n3)cc2)nc(Nc2cc(S(=O)(=O)O)cc3cc(SOOO)c(N=Nc4cc(COO)cc(COO)c4)c(O)c23)n1. The molecule has 0 amide bonds. The zero-order valence-corrected chi connectivity index (χ0v) is 48.8. The highest BCUT2D eigenvalue weighted by Crippen LogP contribution is 2.49. The number of aromatic nitrogens is 6. The summed E-state index contributed by atoms with van der Waals surface area (Å²) in [5.41, 5.74) is 1.56. The number of nitrogens with one attached hydrogen (secondary N) is 4. The number of rotatable bonds is 28. The Morgan fingerprint density at radius 2 is 0.778 bits per heavy atom. The van der Waals surface area contributed by atoms with Gasteiger partial charge in [0.05, 0.1) is 66.4 Å². The number of aryl methyl sites for hydroxylation is 2. The van der Waals surface area contributed by atoms with Crippen LogP contribution in [0.5, 0.6) is 11.5 Å². The van der Waals surface area contributed by atoms with Gasteiger partial charge in [0, 0.05) is 22.1 Å². The summed E-state index contributed by atoms with van der Waals surface area (Å²) in [5, 5.41) is 114. The molecule has 2 aromatic heterocycles. The minimum atomic E-state index is -4.93.